The first-order chi connectivity index (χ1) is 9.54. The predicted octanol–water partition coefficient (Wildman–Crippen LogP) is 5.16. The van der Waals surface area contributed by atoms with Gasteiger partial charge in [-0.1, -0.05) is 47.0 Å². The van der Waals surface area contributed by atoms with Gasteiger partial charge in [0.15, 0.2) is 5.75 Å². The second-order valence-corrected chi connectivity index (χ2v) is 5.96. The minimum Gasteiger partial charge on any atom is -0.480 e. The number of rotatable bonds is 1. The Labute approximate surface area is 128 Å². The van der Waals surface area contributed by atoms with Crippen molar-refractivity contribution in [3.8, 4) is 5.75 Å². The average Bonchev–Trinajstić information content (AvgIpc) is 2.41. The molecule has 0 saturated carbocycles. The Kier molecular flexibility index (Phi) is 3.53. The van der Waals surface area contributed by atoms with Gasteiger partial charge in [0.05, 0.1) is 17.3 Å². The van der Waals surface area contributed by atoms with Gasteiger partial charge in [-0.25, -0.2) is 0 Å². The molecule has 0 aromatic heterocycles. The summed E-state index contributed by atoms with van der Waals surface area (Å²) in [6.45, 7) is 4.88. The molecule has 0 spiro atoms. The van der Waals surface area contributed by atoms with Crippen LogP contribution in [0, 0.1) is 13.8 Å². The van der Waals surface area contributed by atoms with Crippen LogP contribution in [0.25, 0.3) is 0 Å². The number of benzene rings is 2. The van der Waals surface area contributed by atoms with Crippen molar-refractivity contribution in [3.05, 3.63) is 57.1 Å². The van der Waals surface area contributed by atoms with Crippen LogP contribution >= 0.6 is 23.2 Å². The SMILES string of the molecule is Cc1ccc(C)c(C2CNc3cc(Cl)cc(Cl)c3O2)c1. The molecule has 0 fully saturated rings. The van der Waals surface area contributed by atoms with Crippen molar-refractivity contribution in [2.45, 2.75) is 20.0 Å². The lowest BCUT2D eigenvalue weighted by molar-refractivity contribution is 0.210. The highest BCUT2D eigenvalue weighted by atomic mass is 35.5. The van der Waals surface area contributed by atoms with E-state index < -0.39 is 0 Å². The predicted molar refractivity (Wildman–Crippen MR) is 84.2 cm³/mol. The Bertz CT molecular complexity index is 670. The van der Waals surface area contributed by atoms with Crippen LogP contribution < -0.4 is 10.1 Å². The molecule has 20 heavy (non-hydrogen) atoms. The normalized spacial score (nSPS) is 17.1. The molecule has 1 aliphatic heterocycles. The second kappa shape index (κ2) is 5.19. The molecule has 2 aromatic carbocycles. The summed E-state index contributed by atoms with van der Waals surface area (Å²) < 4.78 is 6.09. The molecule has 2 nitrogen and oxygen atoms in total. The maximum Gasteiger partial charge on any atom is 0.162 e. The first-order valence-electron chi connectivity index (χ1n) is 6.51. The van der Waals surface area contributed by atoms with Crippen molar-refractivity contribution in [1.82, 2.24) is 0 Å². The Morgan fingerprint density at radius 3 is 2.75 bits per heavy atom. The third-order valence-electron chi connectivity index (χ3n) is 3.53. The summed E-state index contributed by atoms with van der Waals surface area (Å²) in [6, 6.07) is 9.93. The molecule has 0 aliphatic carbocycles. The third-order valence-corrected chi connectivity index (χ3v) is 4.03. The zero-order valence-electron chi connectivity index (χ0n) is 11.3. The van der Waals surface area contributed by atoms with E-state index in [1.165, 1.54) is 16.7 Å². The van der Waals surface area contributed by atoms with Crippen LogP contribution in [0.4, 0.5) is 5.69 Å². The number of halogens is 2. The van der Waals surface area contributed by atoms with Crippen LogP contribution in [-0.2, 0) is 0 Å². The van der Waals surface area contributed by atoms with Crippen molar-refractivity contribution < 1.29 is 4.74 Å². The van der Waals surface area contributed by atoms with Gasteiger partial charge in [-0.15, -0.1) is 0 Å². The first kappa shape index (κ1) is 13.6. The quantitative estimate of drug-likeness (QED) is 0.786. The summed E-state index contributed by atoms with van der Waals surface area (Å²) in [5.41, 5.74) is 4.48. The Balaban J connectivity index is 1.98. The Hall–Kier alpha value is -1.38. The van der Waals surface area contributed by atoms with Crippen LogP contribution in [-0.4, -0.2) is 6.54 Å². The highest BCUT2D eigenvalue weighted by Crippen LogP contribution is 2.42. The Morgan fingerprint density at radius 1 is 1.15 bits per heavy atom. The lowest BCUT2D eigenvalue weighted by Gasteiger charge is -2.29. The summed E-state index contributed by atoms with van der Waals surface area (Å²) in [5.74, 6) is 0.674. The summed E-state index contributed by atoms with van der Waals surface area (Å²) in [4.78, 5) is 0. The molecule has 1 aliphatic rings. The number of fused-ring (bicyclic) bond motifs is 1. The summed E-state index contributed by atoms with van der Waals surface area (Å²) in [7, 11) is 0. The van der Waals surface area contributed by atoms with Crippen LogP contribution in [0.3, 0.4) is 0 Å². The molecular formula is C16H15Cl2NO. The van der Waals surface area contributed by atoms with E-state index in [2.05, 4.69) is 37.4 Å². The maximum atomic E-state index is 6.22. The van der Waals surface area contributed by atoms with Crippen molar-refractivity contribution in [1.29, 1.82) is 0 Å². The van der Waals surface area contributed by atoms with Crippen molar-refractivity contribution in [2.75, 3.05) is 11.9 Å². The molecule has 1 heterocycles. The van der Waals surface area contributed by atoms with Crippen LogP contribution in [0.15, 0.2) is 30.3 Å². The molecule has 1 unspecified atom stereocenters. The standard InChI is InChI=1S/C16H15Cl2NO/c1-9-3-4-10(2)12(5-9)15-8-19-14-7-11(17)6-13(18)16(14)20-15/h3-7,15,19H,8H2,1-2H3. The molecule has 0 amide bonds. The average molecular weight is 308 g/mol. The largest absolute Gasteiger partial charge is 0.480 e. The van der Waals surface area contributed by atoms with Gasteiger partial charge in [-0.2, -0.15) is 0 Å². The lowest BCUT2D eigenvalue weighted by atomic mass is 9.99. The van der Waals surface area contributed by atoms with Gasteiger partial charge >= 0.3 is 0 Å². The molecule has 0 saturated heterocycles. The van der Waals surface area contributed by atoms with Crippen molar-refractivity contribution in [2.24, 2.45) is 0 Å². The van der Waals surface area contributed by atoms with Crippen LogP contribution in [0.2, 0.25) is 10.0 Å². The van der Waals surface area contributed by atoms with E-state index in [4.69, 9.17) is 27.9 Å². The van der Waals surface area contributed by atoms with Gasteiger partial charge in [0.25, 0.3) is 0 Å². The summed E-state index contributed by atoms with van der Waals surface area (Å²) in [6.07, 6.45) is -0.0407. The van der Waals surface area contributed by atoms with E-state index in [1.54, 1.807) is 6.07 Å². The number of hydrogen-bond acceptors (Lipinski definition) is 2. The number of ether oxygens (including phenoxy) is 1. The zero-order valence-corrected chi connectivity index (χ0v) is 12.8. The number of anilines is 1. The maximum absolute atomic E-state index is 6.22. The molecule has 3 rings (SSSR count). The zero-order chi connectivity index (χ0) is 14.3. The summed E-state index contributed by atoms with van der Waals surface area (Å²) in [5, 5.41) is 4.49. The molecule has 1 N–H and O–H groups in total. The molecule has 0 radical (unpaired) electrons. The summed E-state index contributed by atoms with van der Waals surface area (Å²) >= 11 is 12.2. The smallest absolute Gasteiger partial charge is 0.162 e. The topological polar surface area (TPSA) is 21.3 Å². The van der Waals surface area contributed by atoms with Gasteiger partial charge in [-0.05, 0) is 37.1 Å². The molecule has 0 bridgehead atoms. The van der Waals surface area contributed by atoms with Crippen LogP contribution in [0.5, 0.6) is 5.75 Å². The number of nitrogens with one attached hydrogen (secondary N) is 1. The van der Waals surface area contributed by atoms with Gasteiger partial charge in [0.2, 0.25) is 0 Å². The van der Waals surface area contributed by atoms with E-state index >= 15 is 0 Å². The Morgan fingerprint density at radius 2 is 1.95 bits per heavy atom. The molecule has 1 atom stereocenters. The highest BCUT2D eigenvalue weighted by Gasteiger charge is 2.24. The molecular weight excluding hydrogens is 293 g/mol. The van der Waals surface area contributed by atoms with Crippen molar-refractivity contribution in [3.63, 3.8) is 0 Å². The molecule has 4 heteroatoms. The fourth-order valence-electron chi connectivity index (χ4n) is 2.48. The number of aryl methyl sites for hydroxylation is 2. The van der Waals surface area contributed by atoms with E-state index in [-0.39, 0.29) is 6.10 Å². The second-order valence-electron chi connectivity index (χ2n) is 5.11. The molecule has 2 aromatic rings. The van der Waals surface area contributed by atoms with Gasteiger partial charge in [0, 0.05) is 5.02 Å². The van der Waals surface area contributed by atoms with Gasteiger partial charge in [-0.3, -0.25) is 0 Å². The van der Waals surface area contributed by atoms with Gasteiger partial charge in [0.1, 0.15) is 6.10 Å². The fraction of sp³-hybridized carbons (Fsp3) is 0.250. The minimum atomic E-state index is -0.0407. The highest BCUT2D eigenvalue weighted by molar-refractivity contribution is 6.36. The van der Waals surface area contributed by atoms with E-state index in [9.17, 15) is 0 Å². The fourth-order valence-corrected chi connectivity index (χ4v) is 3.02. The van der Waals surface area contributed by atoms with E-state index in [1.807, 2.05) is 6.07 Å². The van der Waals surface area contributed by atoms with Crippen molar-refractivity contribution >= 4 is 28.9 Å². The monoisotopic (exact) mass is 307 g/mol. The van der Waals surface area contributed by atoms with Crippen LogP contribution in [0.1, 0.15) is 22.8 Å². The third kappa shape index (κ3) is 2.46. The van der Waals surface area contributed by atoms with E-state index in [0.717, 1.165) is 5.69 Å². The minimum absolute atomic E-state index is 0.0407. The van der Waals surface area contributed by atoms with E-state index in [0.29, 0.717) is 22.3 Å². The lowest BCUT2D eigenvalue weighted by Crippen LogP contribution is -2.24. The number of hydrogen-bond donors (Lipinski definition) is 1. The molecule has 104 valence electrons. The first-order valence-corrected chi connectivity index (χ1v) is 7.27. The van der Waals surface area contributed by atoms with Gasteiger partial charge < -0.3 is 10.1 Å².